The second-order valence-corrected chi connectivity index (χ2v) is 3.68. The summed E-state index contributed by atoms with van der Waals surface area (Å²) in [4.78, 5) is 11.0. The summed E-state index contributed by atoms with van der Waals surface area (Å²) < 4.78 is 44.4. The first-order chi connectivity index (χ1) is 7.38. The van der Waals surface area contributed by atoms with Gasteiger partial charge >= 0.3 is 12.3 Å². The number of hydrogen-bond acceptors (Lipinski definition) is 3. The van der Waals surface area contributed by atoms with E-state index in [0.717, 1.165) is 12.8 Å². The van der Waals surface area contributed by atoms with E-state index < -0.39 is 18.9 Å². The lowest BCUT2D eigenvalue weighted by molar-refractivity contribution is -0.160. The molecular weight excluding hydrogens is 227 g/mol. The Balaban J connectivity index is 2.22. The summed E-state index contributed by atoms with van der Waals surface area (Å²) >= 11 is 0. The van der Waals surface area contributed by atoms with Crippen molar-refractivity contribution in [1.29, 1.82) is 0 Å². The van der Waals surface area contributed by atoms with Gasteiger partial charge in [-0.3, -0.25) is 0 Å². The first kappa shape index (κ1) is 13.1. The molecule has 1 rings (SSSR count). The fourth-order valence-electron chi connectivity index (χ4n) is 1.46. The molecule has 1 amide bonds. The highest BCUT2D eigenvalue weighted by atomic mass is 19.4. The van der Waals surface area contributed by atoms with E-state index in [1.54, 1.807) is 6.92 Å². The molecule has 7 heteroatoms. The first-order valence-electron chi connectivity index (χ1n) is 5.00. The zero-order valence-corrected chi connectivity index (χ0v) is 8.84. The van der Waals surface area contributed by atoms with Crippen LogP contribution in [0.1, 0.15) is 19.8 Å². The summed E-state index contributed by atoms with van der Waals surface area (Å²) in [5.41, 5.74) is 0. The van der Waals surface area contributed by atoms with Gasteiger partial charge in [-0.25, -0.2) is 4.79 Å². The standard InChI is InChI=1S/C9H14F3NO3/c1-6(7-3-2-4-15-7)13-8(14)16-5-9(10,11)12/h6-7H,2-5H2,1H3,(H,13,14). The van der Waals surface area contributed by atoms with E-state index in [9.17, 15) is 18.0 Å². The molecule has 2 unspecified atom stereocenters. The predicted molar refractivity (Wildman–Crippen MR) is 49.0 cm³/mol. The van der Waals surface area contributed by atoms with Gasteiger partial charge in [-0.15, -0.1) is 0 Å². The van der Waals surface area contributed by atoms with Crippen LogP contribution in [0.15, 0.2) is 0 Å². The predicted octanol–water partition coefficient (Wildman–Crippen LogP) is 1.84. The van der Waals surface area contributed by atoms with Crippen molar-refractivity contribution in [1.82, 2.24) is 5.32 Å². The third-order valence-electron chi connectivity index (χ3n) is 2.24. The van der Waals surface area contributed by atoms with E-state index >= 15 is 0 Å². The van der Waals surface area contributed by atoms with Crippen LogP contribution in [0.3, 0.4) is 0 Å². The number of amides is 1. The zero-order chi connectivity index (χ0) is 12.2. The molecule has 16 heavy (non-hydrogen) atoms. The van der Waals surface area contributed by atoms with Gasteiger partial charge in [0.25, 0.3) is 0 Å². The van der Waals surface area contributed by atoms with Gasteiger partial charge < -0.3 is 14.8 Å². The van der Waals surface area contributed by atoms with Gasteiger partial charge in [-0.1, -0.05) is 0 Å². The van der Waals surface area contributed by atoms with Crippen LogP contribution in [-0.2, 0) is 9.47 Å². The average molecular weight is 241 g/mol. The van der Waals surface area contributed by atoms with Gasteiger partial charge in [0.05, 0.1) is 12.1 Å². The second-order valence-electron chi connectivity index (χ2n) is 3.68. The third-order valence-corrected chi connectivity index (χ3v) is 2.24. The highest BCUT2D eigenvalue weighted by molar-refractivity contribution is 5.67. The number of carbonyl (C=O) groups is 1. The molecule has 1 saturated heterocycles. The fourth-order valence-corrected chi connectivity index (χ4v) is 1.46. The Kier molecular flexibility index (Phi) is 4.40. The lowest BCUT2D eigenvalue weighted by atomic mass is 10.1. The molecule has 94 valence electrons. The average Bonchev–Trinajstić information content (AvgIpc) is 2.66. The number of rotatable bonds is 3. The molecule has 0 spiro atoms. The molecule has 0 aromatic heterocycles. The highest BCUT2D eigenvalue weighted by Gasteiger charge is 2.30. The second kappa shape index (κ2) is 5.38. The van der Waals surface area contributed by atoms with Crippen molar-refractivity contribution in [3.63, 3.8) is 0 Å². The van der Waals surface area contributed by atoms with Crippen LogP contribution < -0.4 is 5.32 Å². The molecule has 4 nitrogen and oxygen atoms in total. The first-order valence-corrected chi connectivity index (χ1v) is 5.00. The Morgan fingerprint density at radius 1 is 1.62 bits per heavy atom. The van der Waals surface area contributed by atoms with E-state index in [1.165, 1.54) is 0 Å². The molecule has 0 aliphatic carbocycles. The number of alkyl halides is 3. The summed E-state index contributed by atoms with van der Waals surface area (Å²) in [6.07, 6.45) is -4.02. The van der Waals surface area contributed by atoms with Gasteiger partial charge in [-0.05, 0) is 19.8 Å². The van der Waals surface area contributed by atoms with Crippen molar-refractivity contribution in [2.24, 2.45) is 0 Å². The molecule has 2 atom stereocenters. The smallest absolute Gasteiger partial charge is 0.422 e. The molecule has 1 N–H and O–H groups in total. The van der Waals surface area contributed by atoms with Crippen LogP contribution in [-0.4, -0.2) is 37.6 Å². The number of halogens is 3. The topological polar surface area (TPSA) is 47.6 Å². The normalized spacial score (nSPS) is 22.9. The van der Waals surface area contributed by atoms with Crippen molar-refractivity contribution in [2.45, 2.75) is 38.1 Å². The quantitative estimate of drug-likeness (QED) is 0.820. The van der Waals surface area contributed by atoms with E-state index in [0.29, 0.717) is 6.61 Å². The number of carbonyl (C=O) groups excluding carboxylic acids is 1. The van der Waals surface area contributed by atoms with Crippen LogP contribution in [0.2, 0.25) is 0 Å². The van der Waals surface area contributed by atoms with Gasteiger partial charge in [0.1, 0.15) is 0 Å². The van der Waals surface area contributed by atoms with Gasteiger partial charge in [0.15, 0.2) is 6.61 Å². The molecule has 0 radical (unpaired) electrons. The molecule has 0 aromatic rings. The summed E-state index contributed by atoms with van der Waals surface area (Å²) in [7, 11) is 0. The summed E-state index contributed by atoms with van der Waals surface area (Å²) in [6.45, 7) is 0.718. The number of nitrogens with one attached hydrogen (secondary N) is 1. The largest absolute Gasteiger partial charge is 0.440 e. The van der Waals surface area contributed by atoms with Gasteiger partial charge in [-0.2, -0.15) is 13.2 Å². The van der Waals surface area contributed by atoms with Crippen molar-refractivity contribution < 1.29 is 27.4 Å². The Bertz CT molecular complexity index is 239. The number of hydrogen-bond donors (Lipinski definition) is 1. The van der Waals surface area contributed by atoms with E-state index in [2.05, 4.69) is 10.1 Å². The van der Waals surface area contributed by atoms with Crippen LogP contribution in [0.25, 0.3) is 0 Å². The Hall–Kier alpha value is -0.980. The Morgan fingerprint density at radius 3 is 2.81 bits per heavy atom. The minimum atomic E-state index is -4.50. The molecule has 1 fully saturated rings. The SMILES string of the molecule is CC(NC(=O)OCC(F)(F)F)C1CCCO1. The van der Waals surface area contributed by atoms with Crippen molar-refractivity contribution in [2.75, 3.05) is 13.2 Å². The van der Waals surface area contributed by atoms with Gasteiger partial charge in [0.2, 0.25) is 0 Å². The zero-order valence-electron chi connectivity index (χ0n) is 8.84. The summed E-state index contributed by atoms with van der Waals surface area (Å²) in [5, 5.41) is 2.31. The lowest BCUT2D eigenvalue weighted by Crippen LogP contribution is -2.42. The maximum Gasteiger partial charge on any atom is 0.422 e. The third kappa shape index (κ3) is 4.69. The van der Waals surface area contributed by atoms with Crippen LogP contribution in [0.5, 0.6) is 0 Å². The highest BCUT2D eigenvalue weighted by Crippen LogP contribution is 2.16. The van der Waals surface area contributed by atoms with E-state index in [-0.39, 0.29) is 12.1 Å². The minimum absolute atomic E-state index is 0.140. The Morgan fingerprint density at radius 2 is 2.31 bits per heavy atom. The van der Waals surface area contributed by atoms with Crippen LogP contribution >= 0.6 is 0 Å². The van der Waals surface area contributed by atoms with E-state index in [1.807, 2.05) is 0 Å². The maximum absolute atomic E-state index is 11.7. The minimum Gasteiger partial charge on any atom is -0.440 e. The monoisotopic (exact) mass is 241 g/mol. The van der Waals surface area contributed by atoms with Crippen molar-refractivity contribution in [3.8, 4) is 0 Å². The molecule has 1 aliphatic heterocycles. The Labute approximate surface area is 91.1 Å². The van der Waals surface area contributed by atoms with Crippen molar-refractivity contribution >= 4 is 6.09 Å². The summed E-state index contributed by atoms with van der Waals surface area (Å²) in [6, 6.07) is -0.344. The number of alkyl carbamates (subject to hydrolysis) is 1. The van der Waals surface area contributed by atoms with Crippen LogP contribution in [0.4, 0.5) is 18.0 Å². The molecular formula is C9H14F3NO3. The van der Waals surface area contributed by atoms with E-state index in [4.69, 9.17) is 4.74 Å². The lowest BCUT2D eigenvalue weighted by Gasteiger charge is -2.19. The molecule has 0 aromatic carbocycles. The molecule has 0 saturated carbocycles. The van der Waals surface area contributed by atoms with Gasteiger partial charge in [0, 0.05) is 6.61 Å². The molecule has 0 bridgehead atoms. The maximum atomic E-state index is 11.7. The molecule has 1 heterocycles. The summed E-state index contributed by atoms with van der Waals surface area (Å²) in [5.74, 6) is 0. The number of ether oxygens (including phenoxy) is 2. The fraction of sp³-hybridized carbons (Fsp3) is 0.889. The van der Waals surface area contributed by atoms with Crippen molar-refractivity contribution in [3.05, 3.63) is 0 Å². The molecule has 1 aliphatic rings. The van der Waals surface area contributed by atoms with Crippen LogP contribution in [0, 0.1) is 0 Å².